The smallest absolute Gasteiger partial charge is 0.296 e. The van der Waals surface area contributed by atoms with Crippen molar-refractivity contribution in [3.8, 4) is 0 Å². The fraction of sp³-hybridized carbons (Fsp3) is 0.154. The predicted molar refractivity (Wildman–Crippen MR) is 65.0 cm³/mol. The number of nitrogens with zero attached hydrogens (tertiary/aromatic N) is 1. The predicted octanol–water partition coefficient (Wildman–Crippen LogP) is 2.35. The van der Waals surface area contributed by atoms with Crippen LogP contribution in [0.2, 0.25) is 0 Å². The number of methoxy groups -OCH3 is 1. The molecule has 0 unspecified atom stereocenters. The molecule has 3 rings (SSSR count). The van der Waals surface area contributed by atoms with Gasteiger partial charge in [0.2, 0.25) is 0 Å². The third kappa shape index (κ3) is 1.38. The van der Waals surface area contributed by atoms with E-state index in [-0.39, 0.29) is 12.3 Å². The van der Waals surface area contributed by atoms with Crippen molar-refractivity contribution in [1.82, 2.24) is 4.57 Å². The number of benzene rings is 1. The lowest BCUT2D eigenvalue weighted by molar-refractivity contribution is 0.132. The molecule has 0 bridgehead atoms. The number of hydrogen-bond acceptors (Lipinski definition) is 3. The van der Waals surface area contributed by atoms with Gasteiger partial charge in [-0.25, -0.2) is 0 Å². The number of para-hydroxylation sites is 1. The molecule has 0 fully saturated rings. The third-order valence-corrected chi connectivity index (χ3v) is 2.85. The third-order valence-electron chi connectivity index (χ3n) is 2.85. The largest absolute Gasteiger partial charge is 0.458 e. The molecule has 4 nitrogen and oxygen atoms in total. The molecule has 0 aliphatic carbocycles. The molecule has 0 saturated heterocycles. The molecule has 86 valence electrons. The van der Waals surface area contributed by atoms with Crippen LogP contribution >= 0.6 is 0 Å². The van der Waals surface area contributed by atoms with E-state index >= 15 is 0 Å². The molecule has 2 aromatic heterocycles. The Labute approximate surface area is 97.0 Å². The van der Waals surface area contributed by atoms with E-state index in [0.29, 0.717) is 5.58 Å². The van der Waals surface area contributed by atoms with E-state index in [1.807, 2.05) is 30.3 Å². The molecule has 0 N–H and O–H groups in total. The van der Waals surface area contributed by atoms with Crippen molar-refractivity contribution in [2.75, 3.05) is 7.11 Å². The van der Waals surface area contributed by atoms with Gasteiger partial charge in [0.25, 0.3) is 5.56 Å². The first-order valence-electron chi connectivity index (χ1n) is 5.30. The number of fused-ring (bicyclic) bond motifs is 3. The van der Waals surface area contributed by atoms with Crippen LogP contribution in [0.3, 0.4) is 0 Å². The van der Waals surface area contributed by atoms with Crippen LogP contribution in [-0.2, 0) is 11.5 Å². The quantitative estimate of drug-likeness (QED) is 0.677. The first-order chi connectivity index (χ1) is 8.33. The zero-order chi connectivity index (χ0) is 11.8. The van der Waals surface area contributed by atoms with Crippen molar-refractivity contribution in [2.24, 2.45) is 0 Å². The molecule has 1 aromatic carbocycles. The molecule has 0 amide bonds. The lowest BCUT2D eigenvalue weighted by Crippen LogP contribution is -2.21. The Kier molecular flexibility index (Phi) is 2.23. The fourth-order valence-corrected chi connectivity index (χ4v) is 2.11. The molecule has 0 aliphatic heterocycles. The van der Waals surface area contributed by atoms with Gasteiger partial charge in [-0.2, -0.15) is 0 Å². The van der Waals surface area contributed by atoms with Gasteiger partial charge in [0, 0.05) is 17.9 Å². The fourth-order valence-electron chi connectivity index (χ4n) is 2.11. The second-order valence-electron chi connectivity index (χ2n) is 3.83. The highest BCUT2D eigenvalue weighted by Crippen LogP contribution is 2.23. The Morgan fingerprint density at radius 1 is 1.24 bits per heavy atom. The number of pyridine rings is 1. The number of rotatable bonds is 2. The summed E-state index contributed by atoms with van der Waals surface area (Å²) in [7, 11) is 1.56. The SMILES string of the molecule is COCn1c(=O)c2occc2c2ccccc21. The normalized spacial score (nSPS) is 11.4. The molecule has 3 aromatic rings. The molecule has 0 atom stereocenters. The van der Waals surface area contributed by atoms with E-state index in [9.17, 15) is 4.79 Å². The monoisotopic (exact) mass is 229 g/mol. The molecular weight excluding hydrogens is 218 g/mol. The van der Waals surface area contributed by atoms with Crippen LogP contribution in [0.1, 0.15) is 0 Å². The van der Waals surface area contributed by atoms with Gasteiger partial charge in [0.05, 0.1) is 11.8 Å². The molecule has 0 radical (unpaired) electrons. The summed E-state index contributed by atoms with van der Waals surface area (Å²) in [5.74, 6) is 0. The minimum Gasteiger partial charge on any atom is -0.458 e. The minimum atomic E-state index is -0.162. The van der Waals surface area contributed by atoms with Crippen molar-refractivity contribution in [2.45, 2.75) is 6.73 Å². The summed E-state index contributed by atoms with van der Waals surface area (Å²) in [6, 6.07) is 9.54. The van der Waals surface area contributed by atoms with Crippen molar-refractivity contribution < 1.29 is 9.15 Å². The Bertz CT molecular complexity index is 739. The van der Waals surface area contributed by atoms with Crippen molar-refractivity contribution in [3.63, 3.8) is 0 Å². The van der Waals surface area contributed by atoms with Crippen LogP contribution in [0.5, 0.6) is 0 Å². The van der Waals surface area contributed by atoms with Gasteiger partial charge in [-0.15, -0.1) is 0 Å². The highest BCUT2D eigenvalue weighted by molar-refractivity contribution is 6.03. The highest BCUT2D eigenvalue weighted by Gasteiger charge is 2.11. The summed E-state index contributed by atoms with van der Waals surface area (Å²) in [5, 5.41) is 1.84. The summed E-state index contributed by atoms with van der Waals surface area (Å²) in [4.78, 5) is 12.2. The van der Waals surface area contributed by atoms with Crippen molar-refractivity contribution >= 4 is 21.9 Å². The van der Waals surface area contributed by atoms with Crippen molar-refractivity contribution in [1.29, 1.82) is 0 Å². The van der Waals surface area contributed by atoms with Crippen LogP contribution in [0.4, 0.5) is 0 Å². The number of ether oxygens (including phenoxy) is 1. The summed E-state index contributed by atoms with van der Waals surface area (Å²) < 4.78 is 11.9. The molecule has 0 aliphatic rings. The molecule has 2 heterocycles. The van der Waals surface area contributed by atoms with Gasteiger partial charge in [-0.1, -0.05) is 18.2 Å². The average molecular weight is 229 g/mol. The number of hydrogen-bond donors (Lipinski definition) is 0. The van der Waals surface area contributed by atoms with E-state index in [1.54, 1.807) is 11.7 Å². The van der Waals surface area contributed by atoms with Gasteiger partial charge >= 0.3 is 0 Å². The molecule has 4 heteroatoms. The first-order valence-corrected chi connectivity index (χ1v) is 5.30. The zero-order valence-electron chi connectivity index (χ0n) is 9.34. The zero-order valence-corrected chi connectivity index (χ0v) is 9.34. The Hall–Kier alpha value is -2.07. The lowest BCUT2D eigenvalue weighted by Gasteiger charge is -2.09. The Morgan fingerprint density at radius 3 is 2.88 bits per heavy atom. The van der Waals surface area contributed by atoms with Crippen molar-refractivity contribution in [3.05, 3.63) is 46.9 Å². The van der Waals surface area contributed by atoms with Gasteiger partial charge in [0.15, 0.2) is 5.58 Å². The summed E-state index contributed by atoms with van der Waals surface area (Å²) >= 11 is 0. The summed E-state index contributed by atoms with van der Waals surface area (Å²) in [6.07, 6.45) is 1.54. The van der Waals surface area contributed by atoms with Crippen LogP contribution < -0.4 is 5.56 Å². The standard InChI is InChI=1S/C13H11NO3/c1-16-8-14-11-5-3-2-4-9(11)10-6-7-17-12(10)13(14)15/h2-7H,8H2,1H3. The van der Waals surface area contributed by atoms with E-state index in [4.69, 9.17) is 9.15 Å². The van der Waals surface area contributed by atoms with E-state index in [0.717, 1.165) is 16.3 Å². The topological polar surface area (TPSA) is 44.4 Å². The van der Waals surface area contributed by atoms with Gasteiger partial charge in [-0.3, -0.25) is 9.36 Å². The Balaban J connectivity index is 2.57. The van der Waals surface area contributed by atoms with E-state index in [1.165, 1.54) is 6.26 Å². The van der Waals surface area contributed by atoms with Crippen LogP contribution in [0.25, 0.3) is 21.9 Å². The maximum atomic E-state index is 12.2. The average Bonchev–Trinajstić information content (AvgIpc) is 2.84. The Morgan fingerprint density at radius 2 is 2.06 bits per heavy atom. The molecular formula is C13H11NO3. The minimum absolute atomic E-state index is 0.162. The number of aromatic nitrogens is 1. The maximum Gasteiger partial charge on any atom is 0.296 e. The second kappa shape index (κ2) is 3.75. The molecule has 0 spiro atoms. The number of furan rings is 1. The van der Waals surface area contributed by atoms with Gasteiger partial charge < -0.3 is 9.15 Å². The van der Waals surface area contributed by atoms with E-state index < -0.39 is 0 Å². The van der Waals surface area contributed by atoms with Crippen LogP contribution in [0.15, 0.2) is 45.8 Å². The summed E-state index contributed by atoms with van der Waals surface area (Å²) in [5.41, 5.74) is 1.07. The van der Waals surface area contributed by atoms with Crippen LogP contribution in [-0.4, -0.2) is 11.7 Å². The maximum absolute atomic E-state index is 12.2. The second-order valence-corrected chi connectivity index (χ2v) is 3.83. The molecule has 17 heavy (non-hydrogen) atoms. The summed E-state index contributed by atoms with van der Waals surface area (Å²) in [6.45, 7) is 0.218. The first kappa shape index (κ1) is 10.1. The van der Waals surface area contributed by atoms with Gasteiger partial charge in [0.1, 0.15) is 6.73 Å². The lowest BCUT2D eigenvalue weighted by atomic mass is 10.1. The highest BCUT2D eigenvalue weighted by atomic mass is 16.5. The van der Waals surface area contributed by atoms with Gasteiger partial charge in [-0.05, 0) is 12.1 Å². The van der Waals surface area contributed by atoms with E-state index in [2.05, 4.69) is 0 Å². The molecule has 0 saturated carbocycles. The van der Waals surface area contributed by atoms with Crippen LogP contribution in [0, 0.1) is 0 Å².